The van der Waals surface area contributed by atoms with Crippen molar-refractivity contribution in [2.45, 2.75) is 58.6 Å². The van der Waals surface area contributed by atoms with Crippen LogP contribution in [0.15, 0.2) is 30.5 Å². The smallest absolute Gasteiger partial charge is 0.264 e. The molecule has 6 nitrogen and oxygen atoms in total. The minimum Gasteiger partial charge on any atom is -0.390 e. The van der Waals surface area contributed by atoms with Gasteiger partial charge in [0.25, 0.3) is 6.43 Å². The molecule has 3 heterocycles. The highest BCUT2D eigenvalue weighted by molar-refractivity contribution is 5.92. The van der Waals surface area contributed by atoms with Gasteiger partial charge in [-0.15, -0.1) is 5.10 Å². The van der Waals surface area contributed by atoms with E-state index in [-0.39, 0.29) is 11.6 Å². The fourth-order valence-electron chi connectivity index (χ4n) is 4.34. The Balaban J connectivity index is 1.67. The van der Waals surface area contributed by atoms with E-state index in [2.05, 4.69) is 25.4 Å². The average molecular weight is 442 g/mol. The van der Waals surface area contributed by atoms with E-state index in [1.807, 2.05) is 39.1 Å². The van der Waals surface area contributed by atoms with Crippen LogP contribution in [0.25, 0.3) is 10.9 Å². The van der Waals surface area contributed by atoms with E-state index < -0.39 is 12.0 Å². The summed E-state index contributed by atoms with van der Waals surface area (Å²) in [7, 11) is 0. The van der Waals surface area contributed by atoms with E-state index >= 15 is 0 Å². The number of piperidine rings is 1. The highest BCUT2D eigenvalue weighted by Crippen LogP contribution is 2.33. The molecular formula is C24H29F2N5O. The Hall–Kier alpha value is -2.87. The van der Waals surface area contributed by atoms with Crippen molar-refractivity contribution in [3.05, 3.63) is 52.8 Å². The number of benzene rings is 1. The van der Waals surface area contributed by atoms with Gasteiger partial charge in [0, 0.05) is 24.0 Å². The molecule has 170 valence electrons. The first-order chi connectivity index (χ1) is 15.2. The van der Waals surface area contributed by atoms with Gasteiger partial charge >= 0.3 is 0 Å². The Bertz CT molecular complexity index is 1120. The van der Waals surface area contributed by atoms with Gasteiger partial charge in [0.15, 0.2) is 5.82 Å². The maximum Gasteiger partial charge on any atom is 0.264 e. The van der Waals surface area contributed by atoms with Gasteiger partial charge in [-0.2, -0.15) is 5.10 Å². The molecule has 0 saturated carbocycles. The van der Waals surface area contributed by atoms with Crippen LogP contribution in [0.1, 0.15) is 61.5 Å². The number of alkyl halides is 2. The summed E-state index contributed by atoms with van der Waals surface area (Å²) in [6, 6.07) is 6.77. The summed E-state index contributed by atoms with van der Waals surface area (Å²) in [6.07, 6.45) is 0.709. The first-order valence-electron chi connectivity index (χ1n) is 10.9. The van der Waals surface area contributed by atoms with Crippen molar-refractivity contribution in [2.24, 2.45) is 0 Å². The van der Waals surface area contributed by atoms with Crippen LogP contribution in [0.2, 0.25) is 0 Å². The van der Waals surface area contributed by atoms with Crippen LogP contribution in [-0.2, 0) is 0 Å². The molecule has 0 unspecified atom stereocenters. The lowest BCUT2D eigenvalue weighted by atomic mass is 9.93. The fourth-order valence-corrected chi connectivity index (χ4v) is 4.34. The molecular weight excluding hydrogens is 412 g/mol. The standard InChI is InChI=1S/C24H29F2N5O/c1-14-18(6-5-7-19(14)22(25)26)15(2)28-23-20-12-17(13-27-21(20)16(3)29-30-23)31-10-8-24(4,32)9-11-31/h5-7,12-13,15,22,32H,8-11H2,1-4H3,(H,28,30)/t15-/m1/s1. The first kappa shape index (κ1) is 22.3. The van der Waals surface area contributed by atoms with E-state index in [9.17, 15) is 13.9 Å². The van der Waals surface area contributed by atoms with Crippen molar-refractivity contribution in [3.8, 4) is 0 Å². The van der Waals surface area contributed by atoms with Crippen molar-refractivity contribution in [1.29, 1.82) is 0 Å². The largest absolute Gasteiger partial charge is 0.390 e. The quantitative estimate of drug-likeness (QED) is 0.574. The minimum absolute atomic E-state index is 0.0425. The molecule has 1 atom stereocenters. The highest BCUT2D eigenvalue weighted by Gasteiger charge is 2.28. The molecule has 4 rings (SSSR count). The number of rotatable bonds is 5. The van der Waals surface area contributed by atoms with Gasteiger partial charge in [-0.3, -0.25) is 4.98 Å². The second-order valence-electron chi connectivity index (χ2n) is 8.94. The maximum absolute atomic E-state index is 13.3. The van der Waals surface area contributed by atoms with Crippen LogP contribution < -0.4 is 10.2 Å². The van der Waals surface area contributed by atoms with Gasteiger partial charge < -0.3 is 15.3 Å². The molecule has 2 N–H and O–H groups in total. The van der Waals surface area contributed by atoms with Gasteiger partial charge in [-0.05, 0) is 57.7 Å². The molecule has 2 aromatic heterocycles. The van der Waals surface area contributed by atoms with E-state index in [0.29, 0.717) is 24.2 Å². The van der Waals surface area contributed by atoms with Crippen LogP contribution >= 0.6 is 0 Å². The van der Waals surface area contributed by atoms with Gasteiger partial charge in [0.1, 0.15) is 0 Å². The van der Waals surface area contributed by atoms with Gasteiger partial charge in [-0.1, -0.05) is 18.2 Å². The number of aryl methyl sites for hydroxylation is 1. The fraction of sp³-hybridized carbons (Fsp3) is 0.458. The number of nitrogens with zero attached hydrogens (tertiary/aromatic N) is 4. The summed E-state index contributed by atoms with van der Waals surface area (Å²) in [6.45, 7) is 8.88. The number of anilines is 2. The lowest BCUT2D eigenvalue weighted by Crippen LogP contribution is -2.42. The molecule has 3 aromatic rings. The predicted molar refractivity (Wildman–Crippen MR) is 122 cm³/mol. The summed E-state index contributed by atoms with van der Waals surface area (Å²) < 4.78 is 26.7. The van der Waals surface area contributed by atoms with E-state index in [1.165, 1.54) is 6.07 Å². The number of aromatic nitrogens is 3. The molecule has 1 aromatic carbocycles. The summed E-state index contributed by atoms with van der Waals surface area (Å²) in [5.41, 5.74) is 3.22. The Morgan fingerprint density at radius 3 is 2.50 bits per heavy atom. The van der Waals surface area contributed by atoms with Crippen molar-refractivity contribution in [3.63, 3.8) is 0 Å². The maximum atomic E-state index is 13.3. The molecule has 0 aliphatic carbocycles. The van der Waals surface area contributed by atoms with Gasteiger partial charge in [-0.25, -0.2) is 8.78 Å². The molecule has 1 aliphatic rings. The topological polar surface area (TPSA) is 74.2 Å². The van der Waals surface area contributed by atoms with Crippen LogP contribution in [-0.4, -0.2) is 39.0 Å². The molecule has 0 spiro atoms. The average Bonchev–Trinajstić information content (AvgIpc) is 2.75. The van der Waals surface area contributed by atoms with E-state index in [1.54, 1.807) is 13.0 Å². The number of hydrogen-bond acceptors (Lipinski definition) is 6. The van der Waals surface area contributed by atoms with E-state index in [4.69, 9.17) is 0 Å². The SMILES string of the molecule is Cc1c(C(F)F)cccc1[C@@H](C)Nc1nnc(C)c2ncc(N3CCC(C)(O)CC3)cc12. The normalized spacial score (nSPS) is 17.1. The van der Waals surface area contributed by atoms with Crippen molar-refractivity contribution < 1.29 is 13.9 Å². The number of halogens is 2. The first-order valence-corrected chi connectivity index (χ1v) is 10.9. The van der Waals surface area contributed by atoms with Crippen molar-refractivity contribution >= 4 is 22.4 Å². The predicted octanol–water partition coefficient (Wildman–Crippen LogP) is 5.10. The summed E-state index contributed by atoms with van der Waals surface area (Å²) >= 11 is 0. The molecule has 0 amide bonds. The number of hydrogen-bond donors (Lipinski definition) is 2. The zero-order valence-electron chi connectivity index (χ0n) is 18.9. The molecule has 1 fully saturated rings. The van der Waals surface area contributed by atoms with Crippen LogP contribution in [0.3, 0.4) is 0 Å². The Morgan fingerprint density at radius 2 is 1.81 bits per heavy atom. The van der Waals surface area contributed by atoms with Crippen molar-refractivity contribution in [2.75, 3.05) is 23.3 Å². The lowest BCUT2D eigenvalue weighted by Gasteiger charge is -2.37. The zero-order valence-corrected chi connectivity index (χ0v) is 18.9. The minimum atomic E-state index is -2.51. The zero-order chi connectivity index (χ0) is 23.0. The van der Waals surface area contributed by atoms with Crippen LogP contribution in [0.5, 0.6) is 0 Å². The molecule has 0 radical (unpaired) electrons. The third-order valence-corrected chi connectivity index (χ3v) is 6.45. The van der Waals surface area contributed by atoms with Crippen LogP contribution in [0, 0.1) is 13.8 Å². The molecule has 8 heteroatoms. The Labute approximate surface area is 186 Å². The lowest BCUT2D eigenvalue weighted by molar-refractivity contribution is 0.0351. The molecule has 1 aliphatic heterocycles. The van der Waals surface area contributed by atoms with Gasteiger partial charge in [0.2, 0.25) is 0 Å². The van der Waals surface area contributed by atoms with Crippen LogP contribution in [0.4, 0.5) is 20.3 Å². The van der Waals surface area contributed by atoms with Gasteiger partial charge in [0.05, 0.1) is 34.7 Å². The number of nitrogens with one attached hydrogen (secondary N) is 1. The molecule has 32 heavy (non-hydrogen) atoms. The summed E-state index contributed by atoms with van der Waals surface area (Å²) in [5, 5.41) is 23.1. The Kier molecular flexibility index (Phi) is 5.99. The second kappa shape index (κ2) is 8.58. The third kappa shape index (κ3) is 4.37. The van der Waals surface area contributed by atoms with Crippen molar-refractivity contribution in [1.82, 2.24) is 15.2 Å². The summed E-state index contributed by atoms with van der Waals surface area (Å²) in [4.78, 5) is 6.85. The summed E-state index contributed by atoms with van der Waals surface area (Å²) in [5.74, 6) is 0.568. The third-order valence-electron chi connectivity index (χ3n) is 6.45. The monoisotopic (exact) mass is 441 g/mol. The number of fused-ring (bicyclic) bond motifs is 1. The highest BCUT2D eigenvalue weighted by atomic mass is 19.3. The van der Waals surface area contributed by atoms with E-state index in [0.717, 1.165) is 40.9 Å². The number of pyridine rings is 1. The molecule has 1 saturated heterocycles. The second-order valence-corrected chi connectivity index (χ2v) is 8.94. The number of aliphatic hydroxyl groups is 1. The Morgan fingerprint density at radius 1 is 1.12 bits per heavy atom. The molecule has 0 bridgehead atoms.